The summed E-state index contributed by atoms with van der Waals surface area (Å²) >= 11 is 0. The minimum absolute atomic E-state index is 0.137. The van der Waals surface area contributed by atoms with Crippen LogP contribution >= 0.6 is 0 Å². The van der Waals surface area contributed by atoms with Crippen molar-refractivity contribution in [2.45, 2.75) is 45.2 Å². The lowest BCUT2D eigenvalue weighted by Gasteiger charge is -2.35. The second kappa shape index (κ2) is 5.30. The van der Waals surface area contributed by atoms with Crippen LogP contribution < -0.4 is 5.73 Å². The van der Waals surface area contributed by atoms with Crippen LogP contribution in [-0.2, 0) is 9.59 Å². The highest BCUT2D eigenvalue weighted by molar-refractivity contribution is 5.85. The van der Waals surface area contributed by atoms with Crippen molar-refractivity contribution in [3.05, 3.63) is 0 Å². The number of hydrogen-bond acceptors (Lipinski definition) is 3. The van der Waals surface area contributed by atoms with Gasteiger partial charge in [0.15, 0.2) is 0 Å². The number of carboxylic acids is 1. The fourth-order valence-corrected chi connectivity index (χ4v) is 1.94. The van der Waals surface area contributed by atoms with E-state index >= 15 is 0 Å². The van der Waals surface area contributed by atoms with Crippen LogP contribution in [0.1, 0.15) is 33.1 Å². The quantitative estimate of drug-likeness (QED) is 0.734. The zero-order valence-electron chi connectivity index (χ0n) is 9.85. The Balaban J connectivity index is 2.75. The molecule has 3 atom stereocenters. The minimum Gasteiger partial charge on any atom is -0.480 e. The molecule has 0 aromatic rings. The summed E-state index contributed by atoms with van der Waals surface area (Å²) in [5, 5.41) is 9.05. The summed E-state index contributed by atoms with van der Waals surface area (Å²) in [6.07, 6.45) is 2.29. The average molecular weight is 228 g/mol. The third-order valence-corrected chi connectivity index (χ3v) is 3.25. The van der Waals surface area contributed by atoms with E-state index in [1.807, 2.05) is 0 Å². The minimum atomic E-state index is -0.912. The molecular formula is C11H20N2O3. The molecule has 0 radical (unpaired) electrons. The second-order valence-electron chi connectivity index (χ2n) is 4.53. The van der Waals surface area contributed by atoms with Gasteiger partial charge in [-0.1, -0.05) is 6.92 Å². The molecule has 1 fully saturated rings. The SMILES string of the molecule is CC(N)C(C)C(=O)N1CCCC[C@H]1C(=O)O. The molecule has 1 rings (SSSR count). The molecule has 0 saturated carbocycles. The number of amides is 1. The van der Waals surface area contributed by atoms with Gasteiger partial charge in [-0.15, -0.1) is 0 Å². The average Bonchev–Trinajstić information content (AvgIpc) is 2.26. The monoisotopic (exact) mass is 228 g/mol. The smallest absolute Gasteiger partial charge is 0.326 e. The Kier molecular flexibility index (Phi) is 4.29. The van der Waals surface area contributed by atoms with Gasteiger partial charge in [-0.2, -0.15) is 0 Å². The van der Waals surface area contributed by atoms with E-state index in [1.54, 1.807) is 13.8 Å². The van der Waals surface area contributed by atoms with E-state index in [1.165, 1.54) is 4.90 Å². The molecule has 3 N–H and O–H groups in total. The summed E-state index contributed by atoms with van der Waals surface area (Å²) in [4.78, 5) is 24.5. The van der Waals surface area contributed by atoms with Crippen LogP contribution in [0, 0.1) is 5.92 Å². The first-order valence-corrected chi connectivity index (χ1v) is 5.74. The Labute approximate surface area is 95.6 Å². The zero-order valence-corrected chi connectivity index (χ0v) is 9.85. The molecule has 5 heteroatoms. The van der Waals surface area contributed by atoms with Gasteiger partial charge in [0.25, 0.3) is 0 Å². The molecule has 1 heterocycles. The molecule has 16 heavy (non-hydrogen) atoms. The maximum Gasteiger partial charge on any atom is 0.326 e. The molecule has 2 unspecified atom stereocenters. The summed E-state index contributed by atoms with van der Waals surface area (Å²) < 4.78 is 0. The Morgan fingerprint density at radius 2 is 2.00 bits per heavy atom. The second-order valence-corrected chi connectivity index (χ2v) is 4.53. The van der Waals surface area contributed by atoms with E-state index in [0.717, 1.165) is 12.8 Å². The van der Waals surface area contributed by atoms with Crippen molar-refractivity contribution < 1.29 is 14.7 Å². The van der Waals surface area contributed by atoms with E-state index in [0.29, 0.717) is 13.0 Å². The number of rotatable bonds is 3. The molecule has 5 nitrogen and oxygen atoms in total. The molecule has 0 aromatic carbocycles. The van der Waals surface area contributed by atoms with Crippen molar-refractivity contribution in [1.29, 1.82) is 0 Å². The number of nitrogens with two attached hydrogens (primary N) is 1. The Morgan fingerprint density at radius 1 is 1.38 bits per heavy atom. The molecule has 92 valence electrons. The summed E-state index contributed by atoms with van der Waals surface area (Å²) in [6, 6.07) is -0.911. The first-order chi connectivity index (χ1) is 7.45. The largest absolute Gasteiger partial charge is 0.480 e. The maximum absolute atomic E-state index is 12.0. The molecule has 1 saturated heterocycles. The number of piperidine rings is 1. The first-order valence-electron chi connectivity index (χ1n) is 5.74. The summed E-state index contributed by atoms with van der Waals surface area (Å²) in [6.45, 7) is 4.05. The highest BCUT2D eigenvalue weighted by Crippen LogP contribution is 2.20. The van der Waals surface area contributed by atoms with Crippen molar-refractivity contribution >= 4 is 11.9 Å². The standard InChI is InChI=1S/C11H20N2O3/c1-7(8(2)12)10(14)13-6-4-3-5-9(13)11(15)16/h7-9H,3-6,12H2,1-2H3,(H,15,16)/t7?,8?,9-/m0/s1. The highest BCUT2D eigenvalue weighted by atomic mass is 16.4. The first kappa shape index (κ1) is 13.0. The lowest BCUT2D eigenvalue weighted by molar-refractivity contribution is -0.153. The van der Waals surface area contributed by atoms with Crippen molar-refractivity contribution in [2.75, 3.05) is 6.54 Å². The number of aliphatic carboxylic acids is 1. The summed E-state index contributed by atoms with van der Waals surface area (Å²) in [5.41, 5.74) is 5.67. The predicted octanol–water partition coefficient (Wildman–Crippen LogP) is 0.435. The Morgan fingerprint density at radius 3 is 2.50 bits per heavy atom. The zero-order chi connectivity index (χ0) is 12.3. The Hall–Kier alpha value is -1.10. The molecule has 0 spiro atoms. The number of nitrogens with zero attached hydrogens (tertiary/aromatic N) is 1. The molecule has 0 aliphatic carbocycles. The number of likely N-dealkylation sites (tertiary alicyclic amines) is 1. The van der Waals surface area contributed by atoms with Gasteiger partial charge in [0.05, 0.1) is 5.92 Å². The number of carbonyl (C=O) groups is 2. The number of carbonyl (C=O) groups excluding carboxylic acids is 1. The molecule has 1 amide bonds. The topological polar surface area (TPSA) is 83.6 Å². The van der Waals surface area contributed by atoms with Gasteiger partial charge in [-0.25, -0.2) is 4.79 Å². The number of carboxylic acid groups (broad SMARTS) is 1. The van der Waals surface area contributed by atoms with Crippen LogP contribution in [0.15, 0.2) is 0 Å². The van der Waals surface area contributed by atoms with Crippen molar-refractivity contribution in [3.63, 3.8) is 0 Å². The van der Waals surface area contributed by atoms with Crippen LogP contribution in [0.3, 0.4) is 0 Å². The van der Waals surface area contributed by atoms with Crippen molar-refractivity contribution in [2.24, 2.45) is 11.7 Å². The van der Waals surface area contributed by atoms with Crippen LogP contribution in [0.25, 0.3) is 0 Å². The normalized spacial score (nSPS) is 24.9. The molecule has 0 bridgehead atoms. The van der Waals surface area contributed by atoms with Crippen molar-refractivity contribution in [1.82, 2.24) is 4.90 Å². The molecule has 1 aliphatic heterocycles. The third kappa shape index (κ3) is 2.72. The van der Waals surface area contributed by atoms with Gasteiger partial charge in [0.1, 0.15) is 6.04 Å². The van der Waals surface area contributed by atoms with Crippen molar-refractivity contribution in [3.8, 4) is 0 Å². The fraction of sp³-hybridized carbons (Fsp3) is 0.818. The van der Waals surface area contributed by atoms with Crippen LogP contribution in [-0.4, -0.2) is 40.5 Å². The lowest BCUT2D eigenvalue weighted by atomic mass is 9.97. The highest BCUT2D eigenvalue weighted by Gasteiger charge is 2.34. The lowest BCUT2D eigenvalue weighted by Crippen LogP contribution is -2.51. The van der Waals surface area contributed by atoms with Gasteiger partial charge in [-0.3, -0.25) is 4.79 Å². The van der Waals surface area contributed by atoms with Crippen LogP contribution in [0.2, 0.25) is 0 Å². The van der Waals surface area contributed by atoms with Crippen LogP contribution in [0.4, 0.5) is 0 Å². The molecular weight excluding hydrogens is 208 g/mol. The third-order valence-electron chi connectivity index (χ3n) is 3.25. The van der Waals surface area contributed by atoms with Crippen LogP contribution in [0.5, 0.6) is 0 Å². The van der Waals surface area contributed by atoms with E-state index in [-0.39, 0.29) is 17.9 Å². The van der Waals surface area contributed by atoms with Gasteiger partial charge in [0.2, 0.25) is 5.91 Å². The predicted molar refractivity (Wildman–Crippen MR) is 59.8 cm³/mol. The Bertz CT molecular complexity index is 278. The summed E-state index contributed by atoms with van der Waals surface area (Å²) in [5.74, 6) is -1.37. The van der Waals surface area contributed by atoms with E-state index in [9.17, 15) is 9.59 Å². The van der Waals surface area contributed by atoms with Gasteiger partial charge in [0, 0.05) is 12.6 Å². The van der Waals surface area contributed by atoms with Gasteiger partial charge < -0.3 is 15.7 Å². The fourth-order valence-electron chi connectivity index (χ4n) is 1.94. The number of hydrogen-bond donors (Lipinski definition) is 2. The van der Waals surface area contributed by atoms with Gasteiger partial charge in [-0.05, 0) is 26.2 Å². The van der Waals surface area contributed by atoms with Gasteiger partial charge >= 0.3 is 5.97 Å². The molecule has 1 aliphatic rings. The van der Waals surface area contributed by atoms with E-state index in [4.69, 9.17) is 10.8 Å². The van der Waals surface area contributed by atoms with E-state index < -0.39 is 12.0 Å². The molecule has 0 aromatic heterocycles. The maximum atomic E-state index is 12.0. The summed E-state index contributed by atoms with van der Waals surface area (Å²) in [7, 11) is 0. The van der Waals surface area contributed by atoms with E-state index in [2.05, 4.69) is 0 Å².